The molecule has 0 spiro atoms. The Kier molecular flexibility index (Phi) is 6.65. The molecule has 7 heteroatoms. The SMILES string of the molecule is Cc1ccc2c(c1)C(=O)N(CCC(=O)N(C)C1CCN(CCc3ccccn3)CC1)C2=O. The quantitative estimate of drug-likeness (QED) is 0.626. The Morgan fingerprint density at radius 1 is 1.06 bits per heavy atom. The Morgan fingerprint density at radius 2 is 1.81 bits per heavy atom. The number of carbonyl (C=O) groups is 3. The molecule has 168 valence electrons. The van der Waals surface area contributed by atoms with Gasteiger partial charge in [-0.1, -0.05) is 17.7 Å². The van der Waals surface area contributed by atoms with Crippen molar-refractivity contribution in [3.63, 3.8) is 0 Å². The normalized spacial score (nSPS) is 17.0. The van der Waals surface area contributed by atoms with E-state index in [9.17, 15) is 14.4 Å². The lowest BCUT2D eigenvalue weighted by Gasteiger charge is -2.37. The number of hydrogen-bond donors (Lipinski definition) is 0. The van der Waals surface area contributed by atoms with E-state index < -0.39 is 0 Å². The number of likely N-dealkylation sites (tertiary alicyclic amines) is 1. The first-order valence-corrected chi connectivity index (χ1v) is 11.3. The zero-order chi connectivity index (χ0) is 22.7. The highest BCUT2D eigenvalue weighted by molar-refractivity contribution is 6.21. The molecule has 32 heavy (non-hydrogen) atoms. The van der Waals surface area contributed by atoms with E-state index in [0.29, 0.717) is 11.1 Å². The summed E-state index contributed by atoms with van der Waals surface area (Å²) in [7, 11) is 1.84. The van der Waals surface area contributed by atoms with Gasteiger partial charge in [-0.3, -0.25) is 24.3 Å². The minimum absolute atomic E-state index is 0.0235. The van der Waals surface area contributed by atoms with Gasteiger partial charge >= 0.3 is 0 Å². The summed E-state index contributed by atoms with van der Waals surface area (Å²) in [6, 6.07) is 11.4. The van der Waals surface area contributed by atoms with Crippen molar-refractivity contribution in [2.75, 3.05) is 33.2 Å². The van der Waals surface area contributed by atoms with Gasteiger partial charge in [0.1, 0.15) is 0 Å². The third-order valence-corrected chi connectivity index (χ3v) is 6.58. The second kappa shape index (κ2) is 9.61. The van der Waals surface area contributed by atoms with Crippen LogP contribution in [0.15, 0.2) is 42.6 Å². The third-order valence-electron chi connectivity index (χ3n) is 6.58. The molecule has 0 bridgehead atoms. The number of benzene rings is 1. The van der Waals surface area contributed by atoms with Gasteiger partial charge < -0.3 is 9.80 Å². The summed E-state index contributed by atoms with van der Waals surface area (Å²) in [5.74, 6) is -0.628. The topological polar surface area (TPSA) is 73.8 Å². The maximum absolute atomic E-state index is 12.8. The summed E-state index contributed by atoms with van der Waals surface area (Å²) in [6.07, 6.45) is 4.76. The summed E-state index contributed by atoms with van der Waals surface area (Å²) in [4.78, 5) is 47.8. The highest BCUT2D eigenvalue weighted by atomic mass is 16.2. The van der Waals surface area contributed by atoms with Crippen LogP contribution in [0.3, 0.4) is 0 Å². The lowest BCUT2D eigenvalue weighted by molar-refractivity contribution is -0.132. The van der Waals surface area contributed by atoms with Crippen molar-refractivity contribution in [3.05, 3.63) is 65.0 Å². The number of amides is 3. The van der Waals surface area contributed by atoms with Gasteiger partial charge in [0, 0.05) is 64.0 Å². The van der Waals surface area contributed by atoms with Gasteiger partial charge in [0.2, 0.25) is 5.91 Å². The van der Waals surface area contributed by atoms with Crippen molar-refractivity contribution >= 4 is 17.7 Å². The molecule has 4 rings (SSSR count). The summed E-state index contributed by atoms with van der Waals surface area (Å²) in [5, 5.41) is 0. The van der Waals surface area contributed by atoms with Crippen molar-refractivity contribution < 1.29 is 14.4 Å². The van der Waals surface area contributed by atoms with E-state index in [1.54, 1.807) is 17.0 Å². The minimum Gasteiger partial charge on any atom is -0.343 e. The Hall–Kier alpha value is -3.06. The third kappa shape index (κ3) is 4.72. The van der Waals surface area contributed by atoms with E-state index in [-0.39, 0.29) is 36.7 Å². The first-order valence-electron chi connectivity index (χ1n) is 11.3. The number of rotatable bonds is 7. The van der Waals surface area contributed by atoms with E-state index in [2.05, 4.69) is 16.0 Å². The number of pyridine rings is 1. The van der Waals surface area contributed by atoms with Crippen molar-refractivity contribution in [2.45, 2.75) is 38.6 Å². The lowest BCUT2D eigenvalue weighted by Crippen LogP contribution is -2.46. The Balaban J connectivity index is 1.23. The monoisotopic (exact) mass is 434 g/mol. The Labute approximate surface area is 189 Å². The molecule has 0 aliphatic carbocycles. The number of aromatic nitrogens is 1. The van der Waals surface area contributed by atoms with Crippen molar-refractivity contribution in [1.29, 1.82) is 0 Å². The molecule has 0 N–H and O–H groups in total. The van der Waals surface area contributed by atoms with Crippen LogP contribution in [-0.4, -0.2) is 76.7 Å². The molecule has 2 aliphatic rings. The fraction of sp³-hybridized carbons (Fsp3) is 0.440. The first-order chi connectivity index (χ1) is 15.4. The maximum atomic E-state index is 12.8. The molecule has 2 aromatic rings. The summed E-state index contributed by atoms with van der Waals surface area (Å²) < 4.78 is 0. The fourth-order valence-corrected chi connectivity index (χ4v) is 4.54. The molecule has 0 atom stereocenters. The van der Waals surface area contributed by atoms with E-state index >= 15 is 0 Å². The number of imide groups is 1. The molecule has 0 radical (unpaired) electrons. The van der Waals surface area contributed by atoms with Gasteiger partial charge in [0.05, 0.1) is 11.1 Å². The summed E-state index contributed by atoms with van der Waals surface area (Å²) in [6.45, 7) is 4.89. The number of aryl methyl sites for hydroxylation is 1. The smallest absolute Gasteiger partial charge is 0.261 e. The molecule has 7 nitrogen and oxygen atoms in total. The van der Waals surface area contributed by atoms with Gasteiger partial charge in [-0.2, -0.15) is 0 Å². The predicted octanol–water partition coefficient (Wildman–Crippen LogP) is 2.54. The zero-order valence-electron chi connectivity index (χ0n) is 18.8. The van der Waals surface area contributed by atoms with E-state index in [4.69, 9.17) is 0 Å². The zero-order valence-corrected chi connectivity index (χ0v) is 18.8. The molecular formula is C25H30N4O3. The molecule has 1 fully saturated rings. The molecule has 3 amide bonds. The van der Waals surface area contributed by atoms with Crippen LogP contribution in [0.25, 0.3) is 0 Å². The van der Waals surface area contributed by atoms with Gasteiger partial charge in [-0.05, 0) is 44.0 Å². The van der Waals surface area contributed by atoms with Gasteiger partial charge in [-0.15, -0.1) is 0 Å². The number of fused-ring (bicyclic) bond motifs is 1. The molecule has 0 unspecified atom stereocenters. The highest BCUT2D eigenvalue weighted by Crippen LogP contribution is 2.24. The average molecular weight is 435 g/mol. The second-order valence-corrected chi connectivity index (χ2v) is 8.71. The van der Waals surface area contributed by atoms with E-state index in [1.807, 2.05) is 38.4 Å². The van der Waals surface area contributed by atoms with Gasteiger partial charge in [0.25, 0.3) is 11.8 Å². The fourth-order valence-electron chi connectivity index (χ4n) is 4.54. The van der Waals surface area contributed by atoms with Crippen molar-refractivity contribution in [3.8, 4) is 0 Å². The Bertz CT molecular complexity index is 1000. The van der Waals surface area contributed by atoms with Gasteiger partial charge in [0.15, 0.2) is 0 Å². The number of nitrogens with zero attached hydrogens (tertiary/aromatic N) is 4. The number of piperidine rings is 1. The van der Waals surface area contributed by atoms with Crippen LogP contribution in [0.4, 0.5) is 0 Å². The van der Waals surface area contributed by atoms with Crippen LogP contribution in [0.1, 0.15) is 51.2 Å². The van der Waals surface area contributed by atoms with Crippen LogP contribution < -0.4 is 0 Å². The largest absolute Gasteiger partial charge is 0.343 e. The predicted molar refractivity (Wildman–Crippen MR) is 121 cm³/mol. The molecule has 3 heterocycles. The number of carbonyl (C=O) groups excluding carboxylic acids is 3. The standard InChI is InChI=1S/C25H30N4O3/c1-18-6-7-21-22(17-18)25(32)29(24(21)31)16-11-23(30)27(2)20-9-14-28(15-10-20)13-8-19-5-3-4-12-26-19/h3-7,12,17,20H,8-11,13-16H2,1-2H3. The van der Waals surface area contributed by atoms with Crippen LogP contribution >= 0.6 is 0 Å². The highest BCUT2D eigenvalue weighted by Gasteiger charge is 2.36. The van der Waals surface area contributed by atoms with E-state index in [1.165, 1.54) is 4.90 Å². The van der Waals surface area contributed by atoms with Crippen LogP contribution in [-0.2, 0) is 11.2 Å². The first kappa shape index (κ1) is 22.1. The minimum atomic E-state index is -0.304. The summed E-state index contributed by atoms with van der Waals surface area (Å²) in [5.41, 5.74) is 2.91. The molecule has 2 aliphatic heterocycles. The lowest BCUT2D eigenvalue weighted by atomic mass is 10.0. The maximum Gasteiger partial charge on any atom is 0.261 e. The van der Waals surface area contributed by atoms with Gasteiger partial charge in [-0.25, -0.2) is 0 Å². The second-order valence-electron chi connectivity index (χ2n) is 8.71. The average Bonchev–Trinajstić information content (AvgIpc) is 3.05. The molecular weight excluding hydrogens is 404 g/mol. The van der Waals surface area contributed by atoms with Crippen molar-refractivity contribution in [2.24, 2.45) is 0 Å². The summed E-state index contributed by atoms with van der Waals surface area (Å²) >= 11 is 0. The van der Waals surface area contributed by atoms with E-state index in [0.717, 1.165) is 50.2 Å². The Morgan fingerprint density at radius 3 is 2.53 bits per heavy atom. The van der Waals surface area contributed by atoms with Crippen LogP contribution in [0.2, 0.25) is 0 Å². The molecule has 1 aromatic carbocycles. The molecule has 0 saturated carbocycles. The molecule has 1 aromatic heterocycles. The van der Waals surface area contributed by atoms with Crippen LogP contribution in [0, 0.1) is 6.92 Å². The van der Waals surface area contributed by atoms with Crippen LogP contribution in [0.5, 0.6) is 0 Å². The number of hydrogen-bond acceptors (Lipinski definition) is 5. The van der Waals surface area contributed by atoms with Crippen molar-refractivity contribution in [1.82, 2.24) is 19.7 Å². The molecule has 1 saturated heterocycles.